The molecule has 2 amide bonds. The number of aromatic nitrogens is 2. The van der Waals surface area contributed by atoms with Crippen LogP contribution in [0.15, 0.2) is 85.3 Å². The van der Waals surface area contributed by atoms with E-state index in [9.17, 15) is 10.1 Å². The average Bonchev–Trinajstić information content (AvgIpc) is 3.40. The summed E-state index contributed by atoms with van der Waals surface area (Å²) in [7, 11) is 0. The first kappa shape index (κ1) is 18.6. The van der Waals surface area contributed by atoms with Crippen LogP contribution in [0, 0.1) is 11.3 Å². The third-order valence-corrected chi connectivity index (χ3v) is 5.54. The summed E-state index contributed by atoms with van der Waals surface area (Å²) in [4.78, 5) is 16.9. The number of imidazole rings is 1. The molecule has 0 saturated carbocycles. The van der Waals surface area contributed by atoms with Crippen LogP contribution < -0.4 is 10.6 Å². The molecule has 31 heavy (non-hydrogen) atoms. The zero-order valence-electron chi connectivity index (χ0n) is 16.6. The van der Waals surface area contributed by atoms with Crippen LogP contribution in [0.2, 0.25) is 0 Å². The summed E-state index contributed by atoms with van der Waals surface area (Å²) in [6, 6.07) is 25.0. The molecule has 1 unspecified atom stereocenters. The Morgan fingerprint density at radius 3 is 2.68 bits per heavy atom. The molecule has 6 nitrogen and oxygen atoms in total. The second-order valence-corrected chi connectivity index (χ2v) is 7.36. The lowest BCUT2D eigenvalue weighted by atomic mass is 10.00. The van der Waals surface area contributed by atoms with Crippen LogP contribution in [-0.2, 0) is 0 Å². The molecule has 0 aliphatic carbocycles. The number of carbonyl (C=O) groups excluding carboxylic acids is 1. The van der Waals surface area contributed by atoms with Crippen molar-refractivity contribution >= 4 is 11.7 Å². The maximum atomic E-state index is 12.6. The van der Waals surface area contributed by atoms with Gasteiger partial charge in [-0.05, 0) is 29.3 Å². The Morgan fingerprint density at radius 1 is 1.03 bits per heavy atom. The average molecular weight is 405 g/mol. The van der Waals surface area contributed by atoms with Crippen molar-refractivity contribution in [3.8, 4) is 28.5 Å². The van der Waals surface area contributed by atoms with Crippen molar-refractivity contribution < 1.29 is 4.79 Å². The number of benzene rings is 3. The van der Waals surface area contributed by atoms with E-state index in [0.717, 1.165) is 22.4 Å². The highest BCUT2D eigenvalue weighted by molar-refractivity contribution is 5.90. The van der Waals surface area contributed by atoms with Crippen LogP contribution in [0.4, 0.5) is 10.5 Å². The highest BCUT2D eigenvalue weighted by Crippen LogP contribution is 2.38. The molecule has 4 aromatic rings. The Balaban J connectivity index is 1.32. The molecule has 2 heterocycles. The maximum Gasteiger partial charge on any atom is 0.319 e. The number of rotatable bonds is 4. The van der Waals surface area contributed by atoms with Crippen LogP contribution in [-0.4, -0.2) is 22.1 Å². The molecule has 1 aliphatic heterocycles. The highest BCUT2D eigenvalue weighted by atomic mass is 16.2. The van der Waals surface area contributed by atoms with Crippen LogP contribution in [0.1, 0.15) is 17.2 Å². The molecule has 2 N–H and O–H groups in total. The molecule has 0 fully saturated rings. The van der Waals surface area contributed by atoms with Crippen molar-refractivity contribution in [1.82, 2.24) is 14.9 Å². The Labute approximate surface area is 179 Å². The van der Waals surface area contributed by atoms with E-state index in [1.165, 1.54) is 5.56 Å². The summed E-state index contributed by atoms with van der Waals surface area (Å²) < 4.78 is 2.08. The maximum absolute atomic E-state index is 12.6. The lowest BCUT2D eigenvalue weighted by Gasteiger charge is -2.16. The minimum absolute atomic E-state index is 0.000273. The quantitative estimate of drug-likeness (QED) is 0.511. The van der Waals surface area contributed by atoms with Gasteiger partial charge in [-0.3, -0.25) is 0 Å². The Kier molecular flexibility index (Phi) is 4.70. The van der Waals surface area contributed by atoms with Crippen molar-refractivity contribution in [3.63, 3.8) is 0 Å². The van der Waals surface area contributed by atoms with E-state index < -0.39 is 0 Å². The first-order chi connectivity index (χ1) is 15.2. The third kappa shape index (κ3) is 3.43. The van der Waals surface area contributed by atoms with Gasteiger partial charge in [-0.2, -0.15) is 5.26 Å². The van der Waals surface area contributed by atoms with Crippen LogP contribution in [0.5, 0.6) is 0 Å². The Bertz CT molecular complexity index is 1300. The van der Waals surface area contributed by atoms with Crippen LogP contribution >= 0.6 is 0 Å². The first-order valence-corrected chi connectivity index (χ1v) is 10.00. The van der Waals surface area contributed by atoms with Gasteiger partial charge in [-0.25, -0.2) is 9.78 Å². The van der Waals surface area contributed by atoms with Gasteiger partial charge in [0.05, 0.1) is 35.9 Å². The van der Waals surface area contributed by atoms with Crippen molar-refractivity contribution in [3.05, 3.63) is 96.4 Å². The number of urea groups is 1. The molecule has 0 bridgehead atoms. The van der Waals surface area contributed by atoms with Gasteiger partial charge >= 0.3 is 6.03 Å². The third-order valence-electron chi connectivity index (χ3n) is 5.54. The number of fused-ring (bicyclic) bond motifs is 3. The molecule has 3 aromatic carbocycles. The Morgan fingerprint density at radius 2 is 1.84 bits per heavy atom. The lowest BCUT2D eigenvalue weighted by molar-refractivity contribution is 0.251. The predicted molar refractivity (Wildman–Crippen MR) is 119 cm³/mol. The summed E-state index contributed by atoms with van der Waals surface area (Å²) >= 11 is 0. The minimum Gasteiger partial charge on any atom is -0.335 e. The second kappa shape index (κ2) is 7.81. The molecular formula is C25H19N5O. The Hall–Kier alpha value is -4.37. The molecule has 1 atom stereocenters. The molecule has 0 spiro atoms. The molecule has 1 aliphatic rings. The SMILES string of the molecule is N#Cc1ccc(NC(=O)NCC2c3ccccc3-c3cncn32)cc1-c1ccccc1. The van der Waals surface area contributed by atoms with Gasteiger partial charge in [-0.1, -0.05) is 54.6 Å². The van der Waals surface area contributed by atoms with Gasteiger partial charge in [0.2, 0.25) is 0 Å². The smallest absolute Gasteiger partial charge is 0.319 e. The predicted octanol–water partition coefficient (Wildman–Crippen LogP) is 4.81. The lowest BCUT2D eigenvalue weighted by Crippen LogP contribution is -2.33. The molecular weight excluding hydrogens is 386 g/mol. The standard InChI is InChI=1S/C25H19N5O/c26-13-18-10-11-19(12-22(18)17-6-2-1-3-7-17)29-25(31)28-15-24-21-9-5-4-8-20(21)23-14-27-16-30(23)24/h1-12,14,16,24H,15H2,(H2,28,29,31). The molecule has 150 valence electrons. The number of anilines is 1. The van der Waals surface area contributed by atoms with Crippen molar-refractivity contribution in [1.29, 1.82) is 5.26 Å². The number of nitriles is 1. The number of nitrogens with zero attached hydrogens (tertiary/aromatic N) is 3. The number of hydrogen-bond donors (Lipinski definition) is 2. The van der Waals surface area contributed by atoms with Gasteiger partial charge in [0.25, 0.3) is 0 Å². The summed E-state index contributed by atoms with van der Waals surface area (Å²) in [5, 5.41) is 15.3. The van der Waals surface area contributed by atoms with E-state index in [-0.39, 0.29) is 12.1 Å². The van der Waals surface area contributed by atoms with Gasteiger partial charge in [0, 0.05) is 23.4 Å². The van der Waals surface area contributed by atoms with E-state index in [1.54, 1.807) is 18.5 Å². The van der Waals surface area contributed by atoms with E-state index in [2.05, 4.69) is 38.4 Å². The fourth-order valence-electron chi connectivity index (χ4n) is 4.08. The van der Waals surface area contributed by atoms with E-state index in [0.29, 0.717) is 17.8 Å². The van der Waals surface area contributed by atoms with Gasteiger partial charge in [0.15, 0.2) is 0 Å². The molecule has 0 saturated heterocycles. The number of nitrogens with one attached hydrogen (secondary N) is 2. The normalized spacial score (nSPS) is 13.7. The molecule has 6 heteroatoms. The van der Waals surface area contributed by atoms with Gasteiger partial charge in [0.1, 0.15) is 0 Å². The van der Waals surface area contributed by atoms with Crippen molar-refractivity contribution in [2.75, 3.05) is 11.9 Å². The number of hydrogen-bond acceptors (Lipinski definition) is 3. The highest BCUT2D eigenvalue weighted by Gasteiger charge is 2.28. The zero-order chi connectivity index (χ0) is 21.2. The van der Waals surface area contributed by atoms with E-state index in [4.69, 9.17) is 0 Å². The summed E-state index contributed by atoms with van der Waals surface area (Å²) in [6.45, 7) is 0.439. The van der Waals surface area contributed by atoms with E-state index in [1.807, 2.05) is 54.7 Å². The first-order valence-electron chi connectivity index (χ1n) is 10.00. The fraction of sp³-hybridized carbons (Fsp3) is 0.0800. The second-order valence-electron chi connectivity index (χ2n) is 7.36. The summed E-state index contributed by atoms with van der Waals surface area (Å²) in [5.74, 6) is 0. The van der Waals surface area contributed by atoms with Gasteiger partial charge in [-0.15, -0.1) is 0 Å². The summed E-state index contributed by atoms with van der Waals surface area (Å²) in [5.41, 5.74) is 6.28. The van der Waals surface area contributed by atoms with E-state index >= 15 is 0 Å². The topological polar surface area (TPSA) is 82.7 Å². The molecule has 5 rings (SSSR count). The van der Waals surface area contributed by atoms with Gasteiger partial charge < -0.3 is 15.2 Å². The number of amides is 2. The van der Waals surface area contributed by atoms with Crippen molar-refractivity contribution in [2.24, 2.45) is 0 Å². The van der Waals surface area contributed by atoms with Crippen LogP contribution in [0.3, 0.4) is 0 Å². The van der Waals surface area contributed by atoms with Crippen LogP contribution in [0.25, 0.3) is 22.4 Å². The fourth-order valence-corrected chi connectivity index (χ4v) is 4.08. The summed E-state index contributed by atoms with van der Waals surface area (Å²) in [6.07, 6.45) is 3.65. The number of carbonyl (C=O) groups is 1. The minimum atomic E-state index is -0.297. The molecule has 0 radical (unpaired) electrons. The monoisotopic (exact) mass is 405 g/mol. The zero-order valence-corrected chi connectivity index (χ0v) is 16.6. The van der Waals surface area contributed by atoms with Crippen molar-refractivity contribution in [2.45, 2.75) is 6.04 Å². The largest absolute Gasteiger partial charge is 0.335 e. The molecule has 1 aromatic heterocycles.